The van der Waals surface area contributed by atoms with Crippen LogP contribution in [0.2, 0.25) is 0 Å². The van der Waals surface area contributed by atoms with E-state index in [1.807, 2.05) is 4.90 Å². The van der Waals surface area contributed by atoms with E-state index in [1.54, 1.807) is 0 Å². The van der Waals surface area contributed by atoms with E-state index in [2.05, 4.69) is 0 Å². The Morgan fingerprint density at radius 1 is 1.28 bits per heavy atom. The van der Waals surface area contributed by atoms with E-state index < -0.39 is 17.8 Å². The Morgan fingerprint density at radius 3 is 2.39 bits per heavy atom. The first-order valence-corrected chi connectivity index (χ1v) is 6.49. The Bertz CT molecular complexity index is 430. The lowest BCUT2D eigenvalue weighted by Gasteiger charge is -2.19. The molecule has 0 radical (unpaired) electrons. The molecule has 0 aliphatic carbocycles. The molecule has 0 saturated heterocycles. The van der Waals surface area contributed by atoms with Gasteiger partial charge in [-0.1, -0.05) is 0 Å². The summed E-state index contributed by atoms with van der Waals surface area (Å²) < 4.78 is 5.23. The van der Waals surface area contributed by atoms with Gasteiger partial charge in [-0.05, 0) is 0 Å². The molecule has 1 rings (SSSR count). The van der Waals surface area contributed by atoms with Crippen LogP contribution in [0.15, 0.2) is 15.3 Å². The molecule has 1 aromatic heterocycles. The molecular weight excluding hydrogens is 281 g/mol. The summed E-state index contributed by atoms with van der Waals surface area (Å²) in [6, 6.07) is 1.06. The summed E-state index contributed by atoms with van der Waals surface area (Å²) in [6.45, 7) is 0.934. The summed E-state index contributed by atoms with van der Waals surface area (Å²) in [6.07, 6.45) is 0. The minimum atomic E-state index is -0.572. The second-order valence-corrected chi connectivity index (χ2v) is 4.42. The highest BCUT2D eigenvalue weighted by Crippen LogP contribution is 2.16. The highest BCUT2D eigenvalue weighted by atomic mass is 35.5. The van der Waals surface area contributed by atoms with Gasteiger partial charge in [-0.15, -0.1) is 23.2 Å². The number of aliphatic hydroxyl groups excluding tert-OH is 1. The minimum Gasteiger partial charge on any atom is -0.502 e. The van der Waals surface area contributed by atoms with Gasteiger partial charge in [0.2, 0.25) is 11.2 Å². The standard InChI is InChI=1S/C11H15Cl2NO4/c12-1-3-14(4-2-13)6-10-11(17)9(16)5-8(7-15)18-10/h5,15,17H,1-4,6-7H2. The van der Waals surface area contributed by atoms with Crippen LogP contribution in [0.4, 0.5) is 0 Å². The van der Waals surface area contributed by atoms with E-state index in [4.69, 9.17) is 32.7 Å². The lowest BCUT2D eigenvalue weighted by molar-refractivity contribution is 0.214. The fourth-order valence-electron chi connectivity index (χ4n) is 1.49. The van der Waals surface area contributed by atoms with Crippen molar-refractivity contribution in [3.8, 4) is 5.75 Å². The number of rotatable bonds is 7. The van der Waals surface area contributed by atoms with E-state index in [9.17, 15) is 9.90 Å². The molecule has 2 N–H and O–H groups in total. The average molecular weight is 296 g/mol. The predicted molar refractivity (Wildman–Crippen MR) is 69.3 cm³/mol. The van der Waals surface area contributed by atoms with Crippen LogP contribution in [0.5, 0.6) is 5.75 Å². The third kappa shape index (κ3) is 4.17. The third-order valence-electron chi connectivity index (χ3n) is 2.37. The second-order valence-electron chi connectivity index (χ2n) is 3.66. The van der Waals surface area contributed by atoms with Crippen molar-refractivity contribution in [2.24, 2.45) is 0 Å². The molecule has 0 amide bonds. The quantitative estimate of drug-likeness (QED) is 0.738. The summed E-state index contributed by atoms with van der Waals surface area (Å²) in [5, 5.41) is 18.6. The number of nitrogens with zero attached hydrogens (tertiary/aromatic N) is 1. The molecule has 0 saturated carbocycles. The van der Waals surface area contributed by atoms with Gasteiger partial charge in [-0.3, -0.25) is 9.69 Å². The Morgan fingerprint density at radius 2 is 1.89 bits per heavy atom. The van der Waals surface area contributed by atoms with Crippen LogP contribution in [-0.2, 0) is 13.2 Å². The SMILES string of the molecule is O=c1cc(CO)oc(CN(CCCl)CCCl)c1O. The van der Waals surface area contributed by atoms with E-state index >= 15 is 0 Å². The smallest absolute Gasteiger partial charge is 0.227 e. The normalized spacial score (nSPS) is 11.1. The molecule has 0 spiro atoms. The maximum Gasteiger partial charge on any atom is 0.227 e. The average Bonchev–Trinajstić information content (AvgIpc) is 2.35. The topological polar surface area (TPSA) is 73.9 Å². The van der Waals surface area contributed by atoms with Gasteiger partial charge in [0.1, 0.15) is 12.4 Å². The van der Waals surface area contributed by atoms with Crippen molar-refractivity contribution in [3.05, 3.63) is 27.8 Å². The first kappa shape index (κ1) is 15.3. The number of halogens is 2. The van der Waals surface area contributed by atoms with Crippen molar-refractivity contribution in [2.45, 2.75) is 13.2 Å². The molecule has 5 nitrogen and oxygen atoms in total. The predicted octanol–water partition coefficient (Wildman–Crippen LogP) is 1.12. The van der Waals surface area contributed by atoms with Gasteiger partial charge in [-0.25, -0.2) is 0 Å². The van der Waals surface area contributed by atoms with Crippen LogP contribution in [0.25, 0.3) is 0 Å². The Kier molecular flexibility index (Phi) is 6.49. The second kappa shape index (κ2) is 7.63. The van der Waals surface area contributed by atoms with Crippen LogP contribution in [0.3, 0.4) is 0 Å². The number of hydrogen-bond acceptors (Lipinski definition) is 5. The van der Waals surface area contributed by atoms with Crippen LogP contribution in [0, 0.1) is 0 Å². The first-order chi connectivity index (χ1) is 8.62. The fourth-order valence-corrected chi connectivity index (χ4v) is 1.96. The number of aliphatic hydroxyl groups is 1. The molecule has 102 valence electrons. The Balaban J connectivity index is 2.93. The number of aromatic hydroxyl groups is 1. The van der Waals surface area contributed by atoms with Crippen LogP contribution < -0.4 is 5.43 Å². The molecule has 1 aromatic rings. The van der Waals surface area contributed by atoms with Gasteiger partial charge in [0, 0.05) is 30.9 Å². The van der Waals surface area contributed by atoms with Crippen molar-refractivity contribution in [2.75, 3.05) is 24.8 Å². The van der Waals surface area contributed by atoms with Crippen LogP contribution in [-0.4, -0.2) is 40.0 Å². The lowest BCUT2D eigenvalue weighted by atomic mass is 10.3. The zero-order valence-corrected chi connectivity index (χ0v) is 11.2. The summed E-state index contributed by atoms with van der Waals surface area (Å²) >= 11 is 11.3. The van der Waals surface area contributed by atoms with Gasteiger partial charge in [0.15, 0.2) is 5.76 Å². The largest absolute Gasteiger partial charge is 0.502 e. The third-order valence-corrected chi connectivity index (χ3v) is 2.71. The van der Waals surface area contributed by atoms with Gasteiger partial charge >= 0.3 is 0 Å². The highest BCUT2D eigenvalue weighted by Gasteiger charge is 2.14. The lowest BCUT2D eigenvalue weighted by Crippen LogP contribution is -2.28. The highest BCUT2D eigenvalue weighted by molar-refractivity contribution is 6.18. The fraction of sp³-hybridized carbons (Fsp3) is 0.545. The zero-order chi connectivity index (χ0) is 13.5. The van der Waals surface area contributed by atoms with E-state index in [-0.39, 0.29) is 18.1 Å². The van der Waals surface area contributed by atoms with Gasteiger partial charge < -0.3 is 14.6 Å². The number of alkyl halides is 2. The summed E-state index contributed by atoms with van der Waals surface area (Å²) in [5.41, 5.74) is -0.572. The maximum atomic E-state index is 11.4. The van der Waals surface area contributed by atoms with E-state index in [1.165, 1.54) is 0 Å². The molecule has 0 atom stereocenters. The monoisotopic (exact) mass is 295 g/mol. The minimum absolute atomic E-state index is 0.113. The molecule has 0 aliphatic heterocycles. The Labute approximate surface area is 115 Å². The van der Waals surface area contributed by atoms with Crippen molar-refractivity contribution < 1.29 is 14.6 Å². The summed E-state index contributed by atoms with van der Waals surface area (Å²) in [4.78, 5) is 13.3. The molecule has 18 heavy (non-hydrogen) atoms. The van der Waals surface area contributed by atoms with Gasteiger partial charge in [0.25, 0.3) is 0 Å². The van der Waals surface area contributed by atoms with Gasteiger partial charge in [0.05, 0.1) is 6.54 Å². The van der Waals surface area contributed by atoms with E-state index in [0.29, 0.717) is 24.8 Å². The molecule has 0 bridgehead atoms. The molecule has 0 fully saturated rings. The van der Waals surface area contributed by atoms with Crippen molar-refractivity contribution in [1.29, 1.82) is 0 Å². The summed E-state index contributed by atoms with van der Waals surface area (Å²) in [5.74, 6) is 0.594. The Hall–Kier alpha value is -0.750. The molecule has 0 unspecified atom stereocenters. The molecular formula is C11H15Cl2NO4. The maximum absolute atomic E-state index is 11.4. The van der Waals surface area contributed by atoms with Crippen LogP contribution in [0.1, 0.15) is 11.5 Å². The van der Waals surface area contributed by atoms with Gasteiger partial charge in [-0.2, -0.15) is 0 Å². The molecule has 0 aliphatic rings. The van der Waals surface area contributed by atoms with Crippen molar-refractivity contribution >= 4 is 23.2 Å². The molecule has 7 heteroatoms. The number of hydrogen-bond donors (Lipinski definition) is 2. The first-order valence-electron chi connectivity index (χ1n) is 5.42. The van der Waals surface area contributed by atoms with Crippen molar-refractivity contribution in [1.82, 2.24) is 4.90 Å². The molecule has 1 heterocycles. The van der Waals surface area contributed by atoms with Crippen LogP contribution >= 0.6 is 23.2 Å². The summed E-state index contributed by atoms with van der Waals surface area (Å²) in [7, 11) is 0. The zero-order valence-electron chi connectivity index (χ0n) is 9.73. The molecule has 0 aromatic carbocycles. The van der Waals surface area contributed by atoms with E-state index in [0.717, 1.165) is 6.07 Å². The van der Waals surface area contributed by atoms with Crippen molar-refractivity contribution in [3.63, 3.8) is 0 Å².